The Bertz CT molecular complexity index is 306. The normalized spacial score (nSPS) is 9.50. The van der Waals surface area contributed by atoms with Crippen LogP contribution in [0.1, 0.15) is 27.7 Å². The first kappa shape index (κ1) is 14.2. The van der Waals surface area contributed by atoms with E-state index < -0.39 is 11.9 Å². The molecule has 0 aliphatic rings. The van der Waals surface area contributed by atoms with E-state index in [-0.39, 0.29) is 0 Å². The summed E-state index contributed by atoms with van der Waals surface area (Å²) in [6, 6.07) is 0. The molecule has 0 radical (unpaired) electrons. The Balaban J connectivity index is 4.08. The van der Waals surface area contributed by atoms with E-state index in [0.717, 1.165) is 23.3 Å². The summed E-state index contributed by atoms with van der Waals surface area (Å²) in [5.41, 5.74) is 1.71. The van der Waals surface area contributed by atoms with Crippen LogP contribution < -0.4 is 0 Å². The highest BCUT2D eigenvalue weighted by molar-refractivity contribution is 5.92. The Morgan fingerprint density at radius 2 is 1.06 bits per heavy atom. The Labute approximate surface area is 95.2 Å². The molecule has 0 aromatic rings. The van der Waals surface area contributed by atoms with Crippen molar-refractivity contribution in [2.45, 2.75) is 27.7 Å². The Morgan fingerprint density at radius 1 is 0.750 bits per heavy atom. The number of ether oxygens (including phenoxy) is 2. The highest BCUT2D eigenvalue weighted by Crippen LogP contribution is 1.93. The molecule has 16 heavy (non-hydrogen) atoms. The number of rotatable bonds is 4. The first-order chi connectivity index (χ1) is 7.41. The molecule has 4 nitrogen and oxygen atoms in total. The van der Waals surface area contributed by atoms with Crippen LogP contribution >= 0.6 is 0 Å². The number of allylic oxidation sites excluding steroid dienone is 2. The summed E-state index contributed by atoms with van der Waals surface area (Å²) in [6.07, 6.45) is 4.66. The van der Waals surface area contributed by atoms with Crippen molar-refractivity contribution in [1.82, 2.24) is 0 Å². The van der Waals surface area contributed by atoms with Gasteiger partial charge in [-0.3, -0.25) is 0 Å². The molecule has 0 aromatic heterocycles. The Morgan fingerprint density at radius 3 is 1.31 bits per heavy atom. The highest BCUT2D eigenvalue weighted by atomic mass is 16.5. The third-order valence-electron chi connectivity index (χ3n) is 1.18. The second-order valence-electron chi connectivity index (χ2n) is 3.60. The summed E-state index contributed by atoms with van der Waals surface area (Å²) >= 11 is 0. The molecule has 0 saturated carbocycles. The van der Waals surface area contributed by atoms with E-state index in [9.17, 15) is 9.59 Å². The molecule has 4 heteroatoms. The number of esters is 2. The average Bonchev–Trinajstić information content (AvgIpc) is 2.20. The van der Waals surface area contributed by atoms with Gasteiger partial charge < -0.3 is 9.47 Å². The van der Waals surface area contributed by atoms with Gasteiger partial charge in [-0.25, -0.2) is 9.59 Å². The fourth-order valence-corrected chi connectivity index (χ4v) is 0.567. The van der Waals surface area contributed by atoms with E-state index in [2.05, 4.69) is 9.47 Å². The third kappa shape index (κ3) is 8.74. The number of carbonyl (C=O) groups is 2. The minimum Gasteiger partial charge on any atom is -0.431 e. The lowest BCUT2D eigenvalue weighted by Crippen LogP contribution is -1.99. The predicted octanol–water partition coefficient (Wildman–Crippen LogP) is 2.48. The molecule has 0 aliphatic heterocycles. The lowest BCUT2D eigenvalue weighted by Gasteiger charge is -1.95. The second-order valence-corrected chi connectivity index (χ2v) is 3.60. The molecule has 0 unspecified atom stereocenters. The van der Waals surface area contributed by atoms with Gasteiger partial charge in [-0.05, 0) is 38.8 Å². The maximum absolute atomic E-state index is 11.0. The number of hydrogen-bond acceptors (Lipinski definition) is 4. The quantitative estimate of drug-likeness (QED) is 0.418. The molecule has 88 valence electrons. The molecule has 0 saturated heterocycles. The van der Waals surface area contributed by atoms with Crippen LogP contribution in [0.2, 0.25) is 0 Å². The van der Waals surface area contributed by atoms with Crippen molar-refractivity contribution >= 4 is 11.9 Å². The second kappa shape index (κ2) is 7.45. The number of hydrogen-bond donors (Lipinski definition) is 0. The van der Waals surface area contributed by atoms with E-state index in [1.54, 1.807) is 27.7 Å². The van der Waals surface area contributed by atoms with E-state index >= 15 is 0 Å². The molecule has 0 rings (SSSR count). The molecular formula is C12H16O4. The van der Waals surface area contributed by atoms with Crippen molar-refractivity contribution in [3.8, 4) is 0 Å². The minimum atomic E-state index is -0.615. The van der Waals surface area contributed by atoms with Gasteiger partial charge in [0.1, 0.15) is 0 Å². The maximum Gasteiger partial charge on any atom is 0.335 e. The van der Waals surface area contributed by atoms with Crippen LogP contribution in [0.3, 0.4) is 0 Å². The van der Waals surface area contributed by atoms with Crippen molar-refractivity contribution in [2.75, 3.05) is 0 Å². The van der Waals surface area contributed by atoms with Crippen molar-refractivity contribution in [3.05, 3.63) is 35.8 Å². The summed E-state index contributed by atoms with van der Waals surface area (Å²) in [5.74, 6) is -1.23. The lowest BCUT2D eigenvalue weighted by molar-refractivity contribution is -0.135. The molecule has 0 amide bonds. The van der Waals surface area contributed by atoms with Gasteiger partial charge in [0, 0.05) is 12.2 Å². The molecule has 0 heterocycles. The molecular weight excluding hydrogens is 208 g/mol. The van der Waals surface area contributed by atoms with Gasteiger partial charge in [-0.2, -0.15) is 0 Å². The van der Waals surface area contributed by atoms with Gasteiger partial charge >= 0.3 is 11.9 Å². The van der Waals surface area contributed by atoms with Gasteiger partial charge in [0.05, 0.1) is 12.5 Å². The van der Waals surface area contributed by atoms with E-state index in [1.807, 2.05) is 0 Å². The van der Waals surface area contributed by atoms with Crippen LogP contribution in [-0.4, -0.2) is 11.9 Å². The van der Waals surface area contributed by atoms with Gasteiger partial charge in [0.25, 0.3) is 0 Å². The van der Waals surface area contributed by atoms with Crippen molar-refractivity contribution in [2.24, 2.45) is 0 Å². The first-order valence-electron chi connectivity index (χ1n) is 4.78. The van der Waals surface area contributed by atoms with Gasteiger partial charge in [0.15, 0.2) is 0 Å². The summed E-state index contributed by atoms with van der Waals surface area (Å²) in [7, 11) is 0. The van der Waals surface area contributed by atoms with Gasteiger partial charge in [0.2, 0.25) is 0 Å². The summed E-state index contributed by atoms with van der Waals surface area (Å²) in [6.45, 7) is 7.17. The third-order valence-corrected chi connectivity index (χ3v) is 1.18. The molecule has 0 spiro atoms. The smallest absolute Gasteiger partial charge is 0.335 e. The predicted molar refractivity (Wildman–Crippen MR) is 60.2 cm³/mol. The molecule has 0 fully saturated rings. The minimum absolute atomic E-state index is 0.615. The summed E-state index contributed by atoms with van der Waals surface area (Å²) < 4.78 is 9.34. The maximum atomic E-state index is 11.0. The van der Waals surface area contributed by atoms with Crippen LogP contribution in [0.5, 0.6) is 0 Å². The zero-order valence-corrected chi connectivity index (χ0v) is 9.94. The Kier molecular flexibility index (Phi) is 6.59. The number of carbonyl (C=O) groups excluding carboxylic acids is 2. The molecule has 0 aliphatic carbocycles. The van der Waals surface area contributed by atoms with Crippen molar-refractivity contribution in [3.63, 3.8) is 0 Å². The van der Waals surface area contributed by atoms with Crippen LogP contribution in [0.15, 0.2) is 35.8 Å². The Hall–Kier alpha value is -1.84. The monoisotopic (exact) mass is 224 g/mol. The molecule has 0 bridgehead atoms. The fourth-order valence-electron chi connectivity index (χ4n) is 0.567. The first-order valence-corrected chi connectivity index (χ1v) is 4.78. The average molecular weight is 224 g/mol. The zero-order valence-electron chi connectivity index (χ0n) is 9.94. The lowest BCUT2D eigenvalue weighted by atomic mass is 10.4. The summed E-state index contributed by atoms with van der Waals surface area (Å²) in [5, 5.41) is 0. The molecule has 0 aromatic carbocycles. The van der Waals surface area contributed by atoms with Crippen molar-refractivity contribution in [1.29, 1.82) is 0 Å². The van der Waals surface area contributed by atoms with E-state index in [1.165, 1.54) is 12.5 Å². The van der Waals surface area contributed by atoms with E-state index in [0.29, 0.717) is 0 Å². The standard InChI is InChI=1S/C12H16O4/c1-9(2)7-15-11(13)5-6-12(14)16-8-10(3)4/h5-8H,1-4H3. The van der Waals surface area contributed by atoms with Crippen LogP contribution in [-0.2, 0) is 19.1 Å². The van der Waals surface area contributed by atoms with Crippen LogP contribution in [0.4, 0.5) is 0 Å². The van der Waals surface area contributed by atoms with Crippen LogP contribution in [0.25, 0.3) is 0 Å². The topological polar surface area (TPSA) is 52.6 Å². The van der Waals surface area contributed by atoms with Crippen molar-refractivity contribution < 1.29 is 19.1 Å². The molecule has 0 atom stereocenters. The fraction of sp³-hybridized carbons (Fsp3) is 0.333. The summed E-state index contributed by atoms with van der Waals surface area (Å²) in [4.78, 5) is 22.0. The SMILES string of the molecule is CC(C)=COC(=O)C=CC(=O)OC=C(C)C. The zero-order chi connectivity index (χ0) is 12.6. The van der Waals surface area contributed by atoms with E-state index in [4.69, 9.17) is 0 Å². The van der Waals surface area contributed by atoms with Gasteiger partial charge in [-0.1, -0.05) is 0 Å². The largest absolute Gasteiger partial charge is 0.431 e. The highest BCUT2D eigenvalue weighted by Gasteiger charge is 1.98. The molecule has 0 N–H and O–H groups in total. The van der Waals surface area contributed by atoms with Crippen LogP contribution in [0, 0.1) is 0 Å². The van der Waals surface area contributed by atoms with Gasteiger partial charge in [-0.15, -0.1) is 0 Å².